The third-order valence-corrected chi connectivity index (χ3v) is 8.87. The molecule has 5 rings (SSSR count). The van der Waals surface area contributed by atoms with Gasteiger partial charge in [-0.3, -0.25) is 4.40 Å². The molecule has 0 radical (unpaired) electrons. The first-order valence-electron chi connectivity index (χ1n) is 15.7. The zero-order chi connectivity index (χ0) is 32.7. The fourth-order valence-electron chi connectivity index (χ4n) is 6.57. The number of nitrogens with zero attached hydrogens (tertiary/aromatic N) is 4. The zero-order valence-corrected chi connectivity index (χ0v) is 28.4. The third kappa shape index (κ3) is 7.36. The molecular weight excluding hydrogens is 593 g/mol. The summed E-state index contributed by atoms with van der Waals surface area (Å²) in [5, 5.41) is 0.341. The topological polar surface area (TPSA) is 84.7 Å². The van der Waals surface area contributed by atoms with E-state index in [0.717, 1.165) is 59.8 Å². The normalized spacial score (nSPS) is 16.0. The summed E-state index contributed by atoms with van der Waals surface area (Å²) in [4.78, 5) is 28.6. The first-order chi connectivity index (χ1) is 21.2. The van der Waals surface area contributed by atoms with Crippen LogP contribution in [0.5, 0.6) is 0 Å². The SMILES string of the molecule is COC(=O)C(OC(C)(C)C)c1c(C)cc2nc(-c3nc(Cl)c(Cc4ccc(F)cc4)[nH]3)cn2c1N1CCC(C)(CC(C)C)CC1. The Bertz CT molecular complexity index is 1660. The lowest BCUT2D eigenvalue weighted by molar-refractivity contribution is -0.164. The molecule has 1 fully saturated rings. The van der Waals surface area contributed by atoms with Crippen molar-refractivity contribution in [3.05, 3.63) is 69.9 Å². The van der Waals surface area contributed by atoms with Crippen LogP contribution in [-0.2, 0) is 20.7 Å². The summed E-state index contributed by atoms with van der Waals surface area (Å²) in [5.74, 6) is 1.30. The number of carbonyl (C=O) groups is 1. The highest BCUT2D eigenvalue weighted by atomic mass is 35.5. The molecular formula is C35H45ClFN5O3. The van der Waals surface area contributed by atoms with Gasteiger partial charge in [0.05, 0.1) is 18.4 Å². The number of ether oxygens (including phenoxy) is 2. The maximum absolute atomic E-state index is 13.4. The number of benzene rings is 1. The van der Waals surface area contributed by atoms with Gasteiger partial charge >= 0.3 is 5.97 Å². The first-order valence-corrected chi connectivity index (χ1v) is 16.1. The number of fused-ring (bicyclic) bond motifs is 1. The molecule has 0 bridgehead atoms. The monoisotopic (exact) mass is 637 g/mol. The van der Waals surface area contributed by atoms with E-state index in [1.54, 1.807) is 12.1 Å². The van der Waals surface area contributed by atoms with Crippen molar-refractivity contribution in [3.63, 3.8) is 0 Å². The number of piperidine rings is 1. The quantitative estimate of drug-likeness (QED) is 0.187. The van der Waals surface area contributed by atoms with Gasteiger partial charge in [0.25, 0.3) is 0 Å². The summed E-state index contributed by atoms with van der Waals surface area (Å²) in [7, 11) is 1.40. The highest BCUT2D eigenvalue weighted by Crippen LogP contribution is 2.42. The second kappa shape index (κ2) is 12.8. The van der Waals surface area contributed by atoms with Crippen molar-refractivity contribution in [1.29, 1.82) is 0 Å². The largest absolute Gasteiger partial charge is 0.467 e. The van der Waals surface area contributed by atoms with E-state index in [2.05, 4.69) is 35.6 Å². The van der Waals surface area contributed by atoms with E-state index in [-0.39, 0.29) is 11.2 Å². The number of hydrogen-bond donors (Lipinski definition) is 1. The predicted octanol–water partition coefficient (Wildman–Crippen LogP) is 8.10. The molecule has 0 spiro atoms. The lowest BCUT2D eigenvalue weighted by Crippen LogP contribution is -2.41. The maximum atomic E-state index is 13.4. The van der Waals surface area contributed by atoms with Crippen LogP contribution in [0.25, 0.3) is 17.2 Å². The molecule has 1 unspecified atom stereocenters. The number of aromatic amines is 1. The van der Waals surface area contributed by atoms with Crippen molar-refractivity contribution in [1.82, 2.24) is 19.4 Å². The number of imidazole rings is 2. The summed E-state index contributed by atoms with van der Waals surface area (Å²) in [6, 6.07) is 8.30. The minimum absolute atomic E-state index is 0.253. The maximum Gasteiger partial charge on any atom is 0.339 e. The molecule has 1 N–H and O–H groups in total. The molecule has 4 aromatic rings. The van der Waals surface area contributed by atoms with Crippen molar-refractivity contribution in [2.75, 3.05) is 25.1 Å². The summed E-state index contributed by atoms with van der Waals surface area (Å²) in [6.45, 7) is 16.4. The van der Waals surface area contributed by atoms with E-state index in [4.69, 9.17) is 26.1 Å². The summed E-state index contributed by atoms with van der Waals surface area (Å²) < 4.78 is 27.2. The Morgan fingerprint density at radius 2 is 1.82 bits per heavy atom. The molecule has 1 aliphatic rings. The van der Waals surface area contributed by atoms with Crippen LogP contribution in [0.1, 0.15) is 89.3 Å². The van der Waals surface area contributed by atoms with Gasteiger partial charge in [0.2, 0.25) is 0 Å². The second-order valence-corrected chi connectivity index (χ2v) is 14.5. The molecule has 242 valence electrons. The predicted molar refractivity (Wildman–Crippen MR) is 176 cm³/mol. The number of nitrogens with one attached hydrogen (secondary N) is 1. The number of H-pyrrole nitrogens is 1. The fourth-order valence-corrected chi connectivity index (χ4v) is 6.77. The Balaban J connectivity index is 1.61. The minimum atomic E-state index is -0.926. The number of carbonyl (C=O) groups excluding carboxylic acids is 1. The standard InChI is InChI=1S/C35H45ClFN5O3/c1-21(2)19-35(7)13-15-41(16-14-35)32-28(29(33(43)44-8)45-34(4,5)6)22(3)17-27-38-26(20-42(27)32)31-39-25(30(36)40-31)18-23-9-11-24(37)12-10-23/h9-12,17,20-21,29H,13-16,18-19H2,1-8H3,(H,39,40). The van der Waals surface area contributed by atoms with Gasteiger partial charge in [0.1, 0.15) is 23.0 Å². The number of aromatic nitrogens is 4. The molecule has 1 atom stereocenters. The van der Waals surface area contributed by atoms with E-state index in [0.29, 0.717) is 29.0 Å². The van der Waals surface area contributed by atoms with Crippen molar-refractivity contribution >= 4 is 29.0 Å². The van der Waals surface area contributed by atoms with Crippen LogP contribution in [0.2, 0.25) is 5.15 Å². The Morgan fingerprint density at radius 3 is 2.42 bits per heavy atom. The van der Waals surface area contributed by atoms with E-state index >= 15 is 0 Å². The average molecular weight is 638 g/mol. The van der Waals surface area contributed by atoms with Crippen LogP contribution < -0.4 is 4.90 Å². The molecule has 0 saturated carbocycles. The number of pyridine rings is 1. The number of halogens is 2. The van der Waals surface area contributed by atoms with Crippen molar-refractivity contribution in [2.45, 2.75) is 85.9 Å². The van der Waals surface area contributed by atoms with Gasteiger partial charge in [0, 0.05) is 31.3 Å². The number of aryl methyl sites for hydroxylation is 1. The molecule has 0 amide bonds. The van der Waals surface area contributed by atoms with E-state index in [9.17, 15) is 9.18 Å². The van der Waals surface area contributed by atoms with Gasteiger partial charge in [0.15, 0.2) is 17.1 Å². The average Bonchev–Trinajstić information content (AvgIpc) is 3.54. The molecule has 0 aliphatic carbocycles. The van der Waals surface area contributed by atoms with Crippen LogP contribution in [-0.4, -0.2) is 51.1 Å². The summed E-state index contributed by atoms with van der Waals surface area (Å²) in [6.07, 6.45) is 4.73. The second-order valence-electron chi connectivity index (χ2n) is 14.1. The van der Waals surface area contributed by atoms with Crippen LogP contribution in [0.3, 0.4) is 0 Å². The van der Waals surface area contributed by atoms with Gasteiger partial charge in [-0.15, -0.1) is 0 Å². The molecule has 1 saturated heterocycles. The van der Waals surface area contributed by atoms with Crippen molar-refractivity contribution in [3.8, 4) is 11.5 Å². The number of rotatable bonds is 9. The summed E-state index contributed by atoms with van der Waals surface area (Å²) in [5.41, 5.74) is 4.29. The smallest absolute Gasteiger partial charge is 0.339 e. The Morgan fingerprint density at radius 1 is 1.16 bits per heavy atom. The molecule has 3 aromatic heterocycles. The number of hydrogen-bond acceptors (Lipinski definition) is 6. The molecule has 8 nitrogen and oxygen atoms in total. The van der Waals surface area contributed by atoms with E-state index in [1.165, 1.54) is 25.7 Å². The number of esters is 1. The third-order valence-electron chi connectivity index (χ3n) is 8.56. The molecule has 4 heterocycles. The number of anilines is 1. The van der Waals surface area contributed by atoms with E-state index < -0.39 is 17.7 Å². The van der Waals surface area contributed by atoms with Crippen molar-refractivity contribution in [2.24, 2.45) is 11.3 Å². The van der Waals surface area contributed by atoms with Crippen molar-refractivity contribution < 1.29 is 18.7 Å². The van der Waals surface area contributed by atoms with Gasteiger partial charge in [-0.05, 0) is 87.6 Å². The highest BCUT2D eigenvalue weighted by molar-refractivity contribution is 6.30. The number of methoxy groups -OCH3 is 1. The zero-order valence-electron chi connectivity index (χ0n) is 27.6. The van der Waals surface area contributed by atoms with Crippen LogP contribution in [0.15, 0.2) is 36.5 Å². The van der Waals surface area contributed by atoms with Crippen LogP contribution >= 0.6 is 11.6 Å². The van der Waals surface area contributed by atoms with Crippen LogP contribution in [0.4, 0.5) is 10.2 Å². The Labute approximate surface area is 270 Å². The molecule has 1 aromatic carbocycles. The van der Waals surface area contributed by atoms with Gasteiger partial charge in [-0.2, -0.15) is 0 Å². The molecule has 10 heteroatoms. The lowest BCUT2D eigenvalue weighted by Gasteiger charge is -2.42. The fraction of sp³-hybridized carbons (Fsp3) is 0.514. The Hall–Kier alpha value is -3.43. The van der Waals surface area contributed by atoms with Gasteiger partial charge in [-0.25, -0.2) is 19.2 Å². The Kier molecular flexibility index (Phi) is 9.34. The molecule has 45 heavy (non-hydrogen) atoms. The highest BCUT2D eigenvalue weighted by Gasteiger charge is 2.37. The van der Waals surface area contributed by atoms with Gasteiger partial charge < -0.3 is 19.4 Å². The molecule has 1 aliphatic heterocycles. The first kappa shape index (κ1) is 32.9. The van der Waals surface area contributed by atoms with E-state index in [1.807, 2.05) is 44.4 Å². The summed E-state index contributed by atoms with van der Waals surface area (Å²) >= 11 is 6.57. The van der Waals surface area contributed by atoms with Crippen LogP contribution in [0, 0.1) is 24.1 Å². The minimum Gasteiger partial charge on any atom is -0.467 e. The lowest BCUT2D eigenvalue weighted by atomic mass is 9.74. The van der Waals surface area contributed by atoms with Gasteiger partial charge in [-0.1, -0.05) is 44.5 Å².